The van der Waals surface area contributed by atoms with Gasteiger partial charge in [-0.2, -0.15) is 5.10 Å². The van der Waals surface area contributed by atoms with Crippen LogP contribution in [0.15, 0.2) is 12.4 Å². The van der Waals surface area contributed by atoms with Crippen LogP contribution in [0.1, 0.15) is 11.7 Å². The molecule has 1 unspecified atom stereocenters. The number of ether oxygens (including phenoxy) is 2. The van der Waals surface area contributed by atoms with Gasteiger partial charge < -0.3 is 14.8 Å². The molecule has 78 valence electrons. The number of rotatable bonds is 3. The Kier molecular flexibility index (Phi) is 3.13. The molecule has 0 amide bonds. The number of nitrogens with one attached hydrogen (secondary N) is 1. The zero-order chi connectivity index (χ0) is 9.80. The lowest BCUT2D eigenvalue weighted by Gasteiger charge is -2.22. The van der Waals surface area contributed by atoms with Gasteiger partial charge in [0.15, 0.2) is 0 Å². The fourth-order valence-corrected chi connectivity index (χ4v) is 1.53. The average Bonchev–Trinajstić information content (AvgIpc) is 2.68. The maximum absolute atomic E-state index is 5.60. The first kappa shape index (κ1) is 9.64. The quantitative estimate of drug-likeness (QED) is 0.749. The van der Waals surface area contributed by atoms with Gasteiger partial charge >= 0.3 is 0 Å². The van der Waals surface area contributed by atoms with Crippen molar-refractivity contribution >= 4 is 0 Å². The van der Waals surface area contributed by atoms with Crippen LogP contribution in [0.4, 0.5) is 0 Å². The highest BCUT2D eigenvalue weighted by atomic mass is 16.5. The second-order valence-corrected chi connectivity index (χ2v) is 3.29. The predicted octanol–water partition coefficient (Wildman–Crippen LogP) is 0.148. The van der Waals surface area contributed by atoms with E-state index in [4.69, 9.17) is 9.47 Å². The van der Waals surface area contributed by atoms with Crippen molar-refractivity contribution < 1.29 is 9.47 Å². The van der Waals surface area contributed by atoms with Gasteiger partial charge in [0.1, 0.15) is 6.73 Å². The SMILES string of the molecule is COCn1cc(C2CNCCO2)cn1. The second-order valence-electron chi connectivity index (χ2n) is 3.29. The zero-order valence-corrected chi connectivity index (χ0v) is 8.27. The van der Waals surface area contributed by atoms with Crippen LogP contribution in [0.3, 0.4) is 0 Å². The maximum Gasteiger partial charge on any atom is 0.138 e. The van der Waals surface area contributed by atoms with Crippen LogP contribution in [-0.4, -0.2) is 36.6 Å². The molecule has 2 heterocycles. The Hall–Kier alpha value is -0.910. The molecule has 0 aliphatic carbocycles. The molecule has 14 heavy (non-hydrogen) atoms. The average molecular weight is 197 g/mol. The zero-order valence-electron chi connectivity index (χ0n) is 8.27. The summed E-state index contributed by atoms with van der Waals surface area (Å²) < 4.78 is 12.3. The van der Waals surface area contributed by atoms with E-state index in [1.807, 2.05) is 12.4 Å². The monoisotopic (exact) mass is 197 g/mol. The summed E-state index contributed by atoms with van der Waals surface area (Å²) in [7, 11) is 1.65. The van der Waals surface area contributed by atoms with Crippen molar-refractivity contribution in [3.05, 3.63) is 18.0 Å². The van der Waals surface area contributed by atoms with E-state index in [-0.39, 0.29) is 6.10 Å². The van der Waals surface area contributed by atoms with Gasteiger partial charge in [-0.25, -0.2) is 4.68 Å². The van der Waals surface area contributed by atoms with Crippen LogP contribution < -0.4 is 5.32 Å². The Bertz CT molecular complexity index is 281. The molecule has 0 spiro atoms. The molecular weight excluding hydrogens is 182 g/mol. The first-order valence-electron chi connectivity index (χ1n) is 4.74. The summed E-state index contributed by atoms with van der Waals surface area (Å²) in [5, 5.41) is 7.45. The lowest BCUT2D eigenvalue weighted by molar-refractivity contribution is 0.0274. The Morgan fingerprint density at radius 1 is 1.79 bits per heavy atom. The van der Waals surface area contributed by atoms with Crippen LogP contribution in [0.25, 0.3) is 0 Å². The molecule has 1 fully saturated rings. The maximum atomic E-state index is 5.60. The third kappa shape index (κ3) is 2.12. The van der Waals surface area contributed by atoms with Gasteiger partial charge in [-0.05, 0) is 0 Å². The third-order valence-electron chi connectivity index (χ3n) is 2.21. The van der Waals surface area contributed by atoms with Crippen LogP contribution >= 0.6 is 0 Å². The number of methoxy groups -OCH3 is 1. The highest BCUT2D eigenvalue weighted by Crippen LogP contribution is 2.17. The molecule has 5 heteroatoms. The molecule has 1 aromatic heterocycles. The number of aromatic nitrogens is 2. The molecule has 0 bridgehead atoms. The third-order valence-corrected chi connectivity index (χ3v) is 2.21. The van der Waals surface area contributed by atoms with Crippen LogP contribution in [-0.2, 0) is 16.2 Å². The van der Waals surface area contributed by atoms with E-state index >= 15 is 0 Å². The normalized spacial score (nSPS) is 22.5. The fourth-order valence-electron chi connectivity index (χ4n) is 1.53. The largest absolute Gasteiger partial charge is 0.371 e. The van der Waals surface area contributed by atoms with Crippen molar-refractivity contribution in [3.63, 3.8) is 0 Å². The van der Waals surface area contributed by atoms with E-state index in [2.05, 4.69) is 10.4 Å². The summed E-state index contributed by atoms with van der Waals surface area (Å²) in [5.41, 5.74) is 1.11. The topological polar surface area (TPSA) is 48.3 Å². The van der Waals surface area contributed by atoms with E-state index in [0.29, 0.717) is 6.73 Å². The molecule has 0 aromatic carbocycles. The highest BCUT2D eigenvalue weighted by Gasteiger charge is 2.16. The van der Waals surface area contributed by atoms with Gasteiger partial charge in [0.05, 0.1) is 18.9 Å². The summed E-state index contributed by atoms with van der Waals surface area (Å²) in [4.78, 5) is 0. The Morgan fingerprint density at radius 3 is 3.43 bits per heavy atom. The molecule has 1 N–H and O–H groups in total. The summed E-state index contributed by atoms with van der Waals surface area (Å²) in [6.07, 6.45) is 3.92. The molecule has 1 atom stereocenters. The van der Waals surface area contributed by atoms with Crippen LogP contribution in [0, 0.1) is 0 Å². The van der Waals surface area contributed by atoms with Crippen molar-refractivity contribution in [2.45, 2.75) is 12.8 Å². The van der Waals surface area contributed by atoms with Gasteiger partial charge in [0, 0.05) is 32.0 Å². The standard InChI is InChI=1S/C9H15N3O2/c1-13-7-12-6-8(4-11-12)9-5-10-2-3-14-9/h4,6,9-10H,2-3,5,7H2,1H3. The van der Waals surface area contributed by atoms with E-state index in [9.17, 15) is 0 Å². The number of morpholine rings is 1. The van der Waals surface area contributed by atoms with Gasteiger partial charge in [-0.3, -0.25) is 0 Å². The number of hydrogen-bond acceptors (Lipinski definition) is 4. The van der Waals surface area contributed by atoms with Crippen LogP contribution in [0.2, 0.25) is 0 Å². The first-order valence-corrected chi connectivity index (χ1v) is 4.74. The minimum atomic E-state index is 0.134. The first-order chi connectivity index (χ1) is 6.90. The second kappa shape index (κ2) is 4.54. The minimum Gasteiger partial charge on any atom is -0.371 e. The molecule has 1 saturated heterocycles. The Balaban J connectivity index is 2.00. The van der Waals surface area contributed by atoms with E-state index < -0.39 is 0 Å². The van der Waals surface area contributed by atoms with Crippen molar-refractivity contribution in [1.29, 1.82) is 0 Å². The fraction of sp³-hybridized carbons (Fsp3) is 0.667. The van der Waals surface area contributed by atoms with Crippen molar-refractivity contribution in [2.24, 2.45) is 0 Å². The van der Waals surface area contributed by atoms with Crippen molar-refractivity contribution in [2.75, 3.05) is 26.8 Å². The summed E-state index contributed by atoms with van der Waals surface area (Å²) in [5.74, 6) is 0. The highest BCUT2D eigenvalue weighted by molar-refractivity contribution is 5.09. The predicted molar refractivity (Wildman–Crippen MR) is 50.8 cm³/mol. The molecule has 1 aliphatic rings. The van der Waals surface area contributed by atoms with Crippen molar-refractivity contribution in [1.82, 2.24) is 15.1 Å². The van der Waals surface area contributed by atoms with Gasteiger partial charge in [-0.15, -0.1) is 0 Å². The molecule has 1 aliphatic heterocycles. The lowest BCUT2D eigenvalue weighted by atomic mass is 10.2. The van der Waals surface area contributed by atoms with Crippen molar-refractivity contribution in [3.8, 4) is 0 Å². The van der Waals surface area contributed by atoms with E-state index in [1.165, 1.54) is 0 Å². The lowest BCUT2D eigenvalue weighted by Crippen LogP contribution is -2.33. The van der Waals surface area contributed by atoms with E-state index in [0.717, 1.165) is 25.3 Å². The minimum absolute atomic E-state index is 0.134. The van der Waals surface area contributed by atoms with E-state index in [1.54, 1.807) is 11.8 Å². The van der Waals surface area contributed by atoms with Gasteiger partial charge in [0.25, 0.3) is 0 Å². The summed E-state index contributed by atoms with van der Waals surface area (Å²) in [6, 6.07) is 0. The Morgan fingerprint density at radius 2 is 2.71 bits per heavy atom. The molecule has 1 aromatic rings. The molecule has 0 radical (unpaired) electrons. The molecule has 2 rings (SSSR count). The Labute approximate surface area is 83.0 Å². The molecular formula is C9H15N3O2. The number of hydrogen-bond donors (Lipinski definition) is 1. The molecule has 5 nitrogen and oxygen atoms in total. The van der Waals surface area contributed by atoms with Crippen LogP contribution in [0.5, 0.6) is 0 Å². The molecule has 0 saturated carbocycles. The summed E-state index contributed by atoms with van der Waals surface area (Å²) in [6.45, 7) is 3.04. The summed E-state index contributed by atoms with van der Waals surface area (Å²) >= 11 is 0. The van der Waals surface area contributed by atoms with Gasteiger partial charge in [-0.1, -0.05) is 0 Å². The van der Waals surface area contributed by atoms with Gasteiger partial charge in [0.2, 0.25) is 0 Å². The number of nitrogens with zero attached hydrogens (tertiary/aromatic N) is 2. The smallest absolute Gasteiger partial charge is 0.138 e.